The molecule has 0 bridgehead atoms. The number of pyridine rings is 1. The van der Waals surface area contributed by atoms with Crippen molar-refractivity contribution >= 4 is 33.8 Å². The van der Waals surface area contributed by atoms with Gasteiger partial charge in [-0.2, -0.15) is 5.10 Å². The van der Waals surface area contributed by atoms with E-state index in [0.717, 1.165) is 14.4 Å². The molecule has 0 aliphatic heterocycles. The summed E-state index contributed by atoms with van der Waals surface area (Å²) in [6, 6.07) is 5.27. The van der Waals surface area contributed by atoms with Crippen LogP contribution < -0.4 is 16.1 Å². The molecule has 0 aliphatic carbocycles. The predicted octanol–water partition coefficient (Wildman–Crippen LogP) is 2.53. The molecule has 0 unspecified atom stereocenters. The summed E-state index contributed by atoms with van der Waals surface area (Å²) in [5.74, 6) is 0. The van der Waals surface area contributed by atoms with Crippen LogP contribution in [0.25, 0.3) is 10.4 Å². The van der Waals surface area contributed by atoms with Crippen LogP contribution in [-0.4, -0.2) is 39.8 Å². The highest BCUT2D eigenvalue weighted by atomic mass is 35.5. The van der Waals surface area contributed by atoms with E-state index in [9.17, 15) is 17.6 Å². The van der Waals surface area contributed by atoms with Crippen LogP contribution in [0.2, 0.25) is 0 Å². The van der Waals surface area contributed by atoms with Gasteiger partial charge in [-0.1, -0.05) is 0 Å². The Labute approximate surface area is 201 Å². The van der Waals surface area contributed by atoms with Crippen molar-refractivity contribution in [3.8, 4) is 10.4 Å². The van der Waals surface area contributed by atoms with Gasteiger partial charge in [-0.05, 0) is 44.5 Å². The Morgan fingerprint density at radius 3 is 2.67 bits per heavy atom. The molecular weight excluding hydrogens is 491 g/mol. The van der Waals surface area contributed by atoms with Gasteiger partial charge in [-0.15, -0.1) is 23.7 Å². The Hall–Kier alpha value is -2.38. The second kappa shape index (κ2) is 10.7. The summed E-state index contributed by atoms with van der Waals surface area (Å²) in [6.07, 6.45) is 4.67. The Kier molecular flexibility index (Phi) is 8.71. The average molecular weight is 517 g/mol. The fraction of sp³-hybridized carbons (Fsp3) is 0.350. The van der Waals surface area contributed by atoms with E-state index >= 15 is 0 Å². The molecule has 0 spiro atoms. The Morgan fingerprint density at radius 1 is 1.30 bits per heavy atom. The van der Waals surface area contributed by atoms with Crippen LogP contribution in [0.15, 0.2) is 58.5 Å². The molecule has 0 radical (unpaired) electrons. The topological polar surface area (TPSA) is 125 Å². The third-order valence-electron chi connectivity index (χ3n) is 4.30. The molecule has 0 saturated heterocycles. The quantitative estimate of drug-likeness (QED) is 0.474. The number of thiophene rings is 1. The van der Waals surface area contributed by atoms with E-state index in [1.54, 1.807) is 33.0 Å². The summed E-state index contributed by atoms with van der Waals surface area (Å²) in [5, 5.41) is 4.01. The van der Waals surface area contributed by atoms with Crippen LogP contribution in [-0.2, 0) is 23.1 Å². The molecule has 33 heavy (non-hydrogen) atoms. The minimum atomic E-state index is -3.71. The van der Waals surface area contributed by atoms with Gasteiger partial charge in [0.25, 0.3) is 0 Å². The van der Waals surface area contributed by atoms with Gasteiger partial charge < -0.3 is 5.73 Å². The molecule has 3 aromatic heterocycles. The van der Waals surface area contributed by atoms with Crippen molar-refractivity contribution in [2.24, 2.45) is 5.73 Å². The zero-order chi connectivity index (χ0) is 23.5. The molecule has 13 heteroatoms. The lowest BCUT2D eigenvalue weighted by Crippen LogP contribution is -2.40. The average Bonchev–Trinajstić information content (AvgIpc) is 3.32. The van der Waals surface area contributed by atoms with Crippen LogP contribution >= 0.6 is 23.7 Å². The molecule has 0 aliphatic rings. The van der Waals surface area contributed by atoms with Crippen molar-refractivity contribution in [2.45, 2.75) is 44.3 Å². The van der Waals surface area contributed by atoms with E-state index in [1.807, 2.05) is 12.1 Å². The first-order chi connectivity index (χ1) is 15.0. The van der Waals surface area contributed by atoms with Gasteiger partial charge in [-0.3, -0.25) is 9.55 Å². The molecule has 9 nitrogen and oxygen atoms in total. The van der Waals surface area contributed by atoms with Crippen molar-refractivity contribution < 1.29 is 12.8 Å². The van der Waals surface area contributed by atoms with Gasteiger partial charge in [0.1, 0.15) is 11.2 Å². The monoisotopic (exact) mass is 516 g/mol. The van der Waals surface area contributed by atoms with Crippen molar-refractivity contribution in [1.82, 2.24) is 24.1 Å². The van der Waals surface area contributed by atoms with Crippen LogP contribution in [0.5, 0.6) is 0 Å². The standard InChI is InChI=1S/C20H25FN6O3S2.ClH/c1-20(2,3)25-32(29,30)17-6-15(9-23-10-17)18-5-4-16(31-18)12-26-13-24-27(19(26)28)11-14(7-21)8-22;/h4-7,9-10,13,25H,8,11-12,22H2,1-3H3;1H/b14-7+;. The first kappa shape index (κ1) is 26.9. The highest BCUT2D eigenvalue weighted by Crippen LogP contribution is 2.29. The van der Waals surface area contributed by atoms with Crippen molar-refractivity contribution in [3.63, 3.8) is 0 Å². The number of aromatic nitrogens is 4. The summed E-state index contributed by atoms with van der Waals surface area (Å²) >= 11 is 1.41. The third-order valence-corrected chi connectivity index (χ3v) is 7.15. The van der Waals surface area contributed by atoms with E-state index in [2.05, 4.69) is 14.8 Å². The van der Waals surface area contributed by atoms with Gasteiger partial charge in [0, 0.05) is 39.8 Å². The molecular formula is C20H26ClFN6O3S2. The number of rotatable bonds is 8. The second-order valence-electron chi connectivity index (χ2n) is 8.20. The number of nitrogens with two attached hydrogens (primary N) is 1. The van der Waals surface area contributed by atoms with Gasteiger partial charge in [0.15, 0.2) is 0 Å². The molecule has 0 saturated carbocycles. The zero-order valence-corrected chi connectivity index (χ0v) is 20.8. The van der Waals surface area contributed by atoms with Gasteiger partial charge in [-0.25, -0.2) is 27.0 Å². The highest BCUT2D eigenvalue weighted by molar-refractivity contribution is 7.89. The second-order valence-corrected chi connectivity index (χ2v) is 11.1. The van der Waals surface area contributed by atoms with Crippen LogP contribution in [0.4, 0.5) is 4.39 Å². The van der Waals surface area contributed by atoms with E-state index in [0.29, 0.717) is 11.9 Å². The number of nitrogens with one attached hydrogen (secondary N) is 1. The lowest BCUT2D eigenvalue weighted by Gasteiger charge is -2.20. The molecule has 0 fully saturated rings. The van der Waals surface area contributed by atoms with E-state index in [1.165, 1.54) is 28.4 Å². The molecule has 0 aromatic carbocycles. The number of sulfonamides is 1. The maximum atomic E-state index is 12.7. The maximum absolute atomic E-state index is 12.7. The minimum absolute atomic E-state index is 0. The molecule has 3 heterocycles. The van der Waals surface area contributed by atoms with Crippen molar-refractivity contribution in [2.75, 3.05) is 6.54 Å². The number of nitrogens with zero attached hydrogens (tertiary/aromatic N) is 4. The normalized spacial score (nSPS) is 12.6. The summed E-state index contributed by atoms with van der Waals surface area (Å²) < 4.78 is 43.1. The third kappa shape index (κ3) is 6.81. The van der Waals surface area contributed by atoms with Crippen LogP contribution in [0.3, 0.4) is 0 Å². The highest BCUT2D eigenvalue weighted by Gasteiger charge is 2.23. The van der Waals surface area contributed by atoms with Gasteiger partial charge in [0.05, 0.1) is 19.4 Å². The summed E-state index contributed by atoms with van der Waals surface area (Å²) in [5.41, 5.74) is 5.35. The first-order valence-corrected chi connectivity index (χ1v) is 12.0. The van der Waals surface area contributed by atoms with Crippen LogP contribution in [0.1, 0.15) is 25.6 Å². The molecule has 3 aromatic rings. The van der Waals surface area contributed by atoms with Crippen LogP contribution in [0, 0.1) is 0 Å². The molecule has 0 atom stereocenters. The first-order valence-electron chi connectivity index (χ1n) is 9.71. The van der Waals surface area contributed by atoms with Gasteiger partial charge >= 0.3 is 5.69 Å². The van der Waals surface area contributed by atoms with E-state index in [4.69, 9.17) is 5.73 Å². The largest absolute Gasteiger partial charge is 0.346 e. The Morgan fingerprint density at radius 2 is 2.03 bits per heavy atom. The van der Waals surface area contributed by atoms with E-state index < -0.39 is 15.6 Å². The smallest absolute Gasteiger partial charge is 0.327 e. The predicted molar refractivity (Wildman–Crippen MR) is 129 cm³/mol. The lowest BCUT2D eigenvalue weighted by atomic mass is 10.1. The maximum Gasteiger partial charge on any atom is 0.346 e. The number of hydrogen-bond donors (Lipinski definition) is 2. The fourth-order valence-corrected chi connectivity index (χ4v) is 5.27. The summed E-state index contributed by atoms with van der Waals surface area (Å²) in [6.45, 7) is 5.56. The fourth-order valence-electron chi connectivity index (χ4n) is 2.87. The SMILES string of the molecule is CC(C)(C)NS(=O)(=O)c1cncc(-c2ccc(Cn3cnn(C/C(=C/F)CN)c3=O)s2)c1.Cl. The molecule has 3 rings (SSSR count). The van der Waals surface area contributed by atoms with Crippen molar-refractivity contribution in [3.05, 3.63) is 64.2 Å². The summed E-state index contributed by atoms with van der Waals surface area (Å²) in [7, 11) is -3.71. The van der Waals surface area contributed by atoms with Gasteiger partial charge in [0.2, 0.25) is 10.0 Å². The Balaban J connectivity index is 0.00000385. The number of halogens is 2. The lowest BCUT2D eigenvalue weighted by molar-refractivity contribution is 0.491. The minimum Gasteiger partial charge on any atom is -0.327 e. The molecule has 180 valence electrons. The van der Waals surface area contributed by atoms with Crippen molar-refractivity contribution in [1.29, 1.82) is 0 Å². The zero-order valence-electron chi connectivity index (χ0n) is 18.4. The summed E-state index contributed by atoms with van der Waals surface area (Å²) in [4.78, 5) is 18.3. The number of hydrogen-bond acceptors (Lipinski definition) is 7. The van der Waals surface area contributed by atoms with E-state index in [-0.39, 0.29) is 48.2 Å². The molecule has 0 amide bonds. The Bertz CT molecular complexity index is 1290. The molecule has 3 N–H and O–H groups in total.